The average Bonchev–Trinajstić information content (AvgIpc) is 2.30. The molecule has 15 heavy (non-hydrogen) atoms. The fraction of sp³-hybridized carbons (Fsp3) is 1.00. The second-order valence-electron chi connectivity index (χ2n) is 4.61. The summed E-state index contributed by atoms with van der Waals surface area (Å²) in [5.74, 6) is 0. The average molecular weight is 214 g/mol. The zero-order chi connectivity index (χ0) is 10.7. The van der Waals surface area contributed by atoms with E-state index in [1.54, 1.807) is 0 Å². The first-order valence-electron chi connectivity index (χ1n) is 5.96. The molecule has 0 aromatic heterocycles. The van der Waals surface area contributed by atoms with E-state index in [4.69, 9.17) is 15.2 Å². The van der Waals surface area contributed by atoms with Gasteiger partial charge in [-0.1, -0.05) is 0 Å². The van der Waals surface area contributed by atoms with Gasteiger partial charge in [0, 0.05) is 38.4 Å². The van der Waals surface area contributed by atoms with Crippen LogP contribution in [0.3, 0.4) is 0 Å². The van der Waals surface area contributed by atoms with Crippen molar-refractivity contribution in [2.24, 2.45) is 5.73 Å². The Bertz CT molecular complexity index is 193. The van der Waals surface area contributed by atoms with Crippen molar-refractivity contribution in [2.75, 3.05) is 32.9 Å². The number of nitrogens with zero attached hydrogens (tertiary/aromatic N) is 1. The zero-order valence-corrected chi connectivity index (χ0v) is 9.52. The Hall–Kier alpha value is -0.160. The second kappa shape index (κ2) is 5.25. The van der Waals surface area contributed by atoms with Crippen molar-refractivity contribution in [3.05, 3.63) is 0 Å². The summed E-state index contributed by atoms with van der Waals surface area (Å²) in [6, 6.07) is 0.816. The van der Waals surface area contributed by atoms with Gasteiger partial charge in [0.05, 0.1) is 12.7 Å². The van der Waals surface area contributed by atoms with E-state index in [2.05, 4.69) is 4.90 Å². The molecular weight excluding hydrogens is 192 g/mol. The van der Waals surface area contributed by atoms with Crippen LogP contribution in [-0.4, -0.2) is 56.0 Å². The highest BCUT2D eigenvalue weighted by Crippen LogP contribution is 2.18. The number of ether oxygens (including phenoxy) is 2. The molecule has 0 radical (unpaired) electrons. The SMILES string of the molecule is CC(N)C1CN(C2CCOCC2)CCO1. The van der Waals surface area contributed by atoms with Gasteiger partial charge >= 0.3 is 0 Å². The van der Waals surface area contributed by atoms with Crippen LogP contribution in [0.25, 0.3) is 0 Å². The minimum Gasteiger partial charge on any atom is -0.381 e. The molecule has 0 amide bonds. The number of hydrogen-bond donors (Lipinski definition) is 1. The Morgan fingerprint density at radius 2 is 2.00 bits per heavy atom. The lowest BCUT2D eigenvalue weighted by Crippen LogP contribution is -2.53. The second-order valence-corrected chi connectivity index (χ2v) is 4.61. The first-order valence-corrected chi connectivity index (χ1v) is 5.96. The highest BCUT2D eigenvalue weighted by atomic mass is 16.5. The Morgan fingerprint density at radius 3 is 2.67 bits per heavy atom. The van der Waals surface area contributed by atoms with Crippen LogP contribution in [0.2, 0.25) is 0 Å². The first kappa shape index (κ1) is 11.3. The van der Waals surface area contributed by atoms with Crippen LogP contribution in [0.5, 0.6) is 0 Å². The van der Waals surface area contributed by atoms with Crippen molar-refractivity contribution in [3.8, 4) is 0 Å². The van der Waals surface area contributed by atoms with Crippen LogP contribution in [0, 0.1) is 0 Å². The van der Waals surface area contributed by atoms with E-state index < -0.39 is 0 Å². The van der Waals surface area contributed by atoms with Gasteiger partial charge < -0.3 is 15.2 Å². The van der Waals surface area contributed by atoms with E-state index >= 15 is 0 Å². The molecule has 0 spiro atoms. The van der Waals surface area contributed by atoms with Gasteiger partial charge in [0.25, 0.3) is 0 Å². The molecule has 88 valence electrons. The minimum absolute atomic E-state index is 0.132. The summed E-state index contributed by atoms with van der Waals surface area (Å²) in [5, 5.41) is 0. The highest BCUT2D eigenvalue weighted by Gasteiger charge is 2.29. The fourth-order valence-corrected chi connectivity index (χ4v) is 2.40. The summed E-state index contributed by atoms with van der Waals surface area (Å²) in [5.41, 5.74) is 5.88. The molecule has 2 rings (SSSR count). The largest absolute Gasteiger partial charge is 0.381 e. The number of nitrogens with two attached hydrogens (primary N) is 1. The monoisotopic (exact) mass is 214 g/mol. The lowest BCUT2D eigenvalue weighted by molar-refractivity contribution is -0.0680. The van der Waals surface area contributed by atoms with Crippen molar-refractivity contribution in [2.45, 2.75) is 38.0 Å². The molecule has 0 aromatic rings. The molecule has 2 N–H and O–H groups in total. The van der Waals surface area contributed by atoms with Gasteiger partial charge in [-0.3, -0.25) is 4.90 Å². The van der Waals surface area contributed by atoms with Crippen LogP contribution in [0.4, 0.5) is 0 Å². The highest BCUT2D eigenvalue weighted by molar-refractivity contribution is 4.83. The molecule has 2 unspecified atom stereocenters. The van der Waals surface area contributed by atoms with Gasteiger partial charge in [0.2, 0.25) is 0 Å². The van der Waals surface area contributed by atoms with Gasteiger partial charge in [0.1, 0.15) is 0 Å². The molecule has 0 saturated carbocycles. The summed E-state index contributed by atoms with van der Waals surface area (Å²) in [6.45, 7) is 6.70. The molecule has 2 atom stereocenters. The molecule has 4 nitrogen and oxygen atoms in total. The van der Waals surface area contributed by atoms with Crippen molar-refractivity contribution in [1.82, 2.24) is 4.90 Å². The zero-order valence-electron chi connectivity index (χ0n) is 9.52. The van der Waals surface area contributed by atoms with Gasteiger partial charge in [-0.05, 0) is 19.8 Å². The van der Waals surface area contributed by atoms with Crippen molar-refractivity contribution in [3.63, 3.8) is 0 Å². The smallest absolute Gasteiger partial charge is 0.0850 e. The molecule has 0 aliphatic carbocycles. The van der Waals surface area contributed by atoms with Crippen molar-refractivity contribution >= 4 is 0 Å². The lowest BCUT2D eigenvalue weighted by atomic mass is 10.0. The van der Waals surface area contributed by atoms with Gasteiger partial charge in [0.15, 0.2) is 0 Å². The molecule has 4 heteroatoms. The molecule has 0 aromatic carbocycles. The van der Waals surface area contributed by atoms with Crippen molar-refractivity contribution < 1.29 is 9.47 Å². The minimum atomic E-state index is 0.132. The quantitative estimate of drug-likeness (QED) is 0.714. The van der Waals surface area contributed by atoms with E-state index in [0.717, 1.165) is 45.8 Å². The summed E-state index contributed by atoms with van der Waals surface area (Å²) in [6.07, 6.45) is 2.53. The van der Waals surface area contributed by atoms with Crippen molar-refractivity contribution in [1.29, 1.82) is 0 Å². The Kier molecular flexibility index (Phi) is 3.97. The maximum absolute atomic E-state index is 5.88. The normalized spacial score (nSPS) is 32.8. The van der Waals surface area contributed by atoms with Gasteiger partial charge in [-0.2, -0.15) is 0 Å². The third-order valence-corrected chi connectivity index (χ3v) is 3.42. The standard InChI is InChI=1S/C11H22N2O2/c1-9(12)11-8-13(4-7-15-11)10-2-5-14-6-3-10/h9-11H,2-8,12H2,1H3. The first-order chi connectivity index (χ1) is 7.27. The predicted octanol–water partition coefficient (Wildman–Crippen LogP) is 0.213. The predicted molar refractivity (Wildman–Crippen MR) is 58.8 cm³/mol. The number of morpholine rings is 1. The van der Waals surface area contributed by atoms with Crippen LogP contribution < -0.4 is 5.73 Å². The number of hydrogen-bond acceptors (Lipinski definition) is 4. The topological polar surface area (TPSA) is 47.7 Å². The van der Waals surface area contributed by atoms with E-state index in [9.17, 15) is 0 Å². The third kappa shape index (κ3) is 2.91. The maximum Gasteiger partial charge on any atom is 0.0850 e. The summed E-state index contributed by atoms with van der Waals surface area (Å²) < 4.78 is 11.0. The molecular formula is C11H22N2O2. The van der Waals surface area contributed by atoms with E-state index in [-0.39, 0.29) is 12.1 Å². The molecule has 2 fully saturated rings. The molecule has 0 bridgehead atoms. The Balaban J connectivity index is 1.85. The maximum atomic E-state index is 5.88. The summed E-state index contributed by atoms with van der Waals surface area (Å²) in [4.78, 5) is 2.53. The Morgan fingerprint density at radius 1 is 1.27 bits per heavy atom. The molecule has 2 aliphatic rings. The number of rotatable bonds is 2. The summed E-state index contributed by atoms with van der Waals surface area (Å²) >= 11 is 0. The molecule has 2 saturated heterocycles. The van der Waals surface area contributed by atoms with E-state index in [1.165, 1.54) is 0 Å². The van der Waals surface area contributed by atoms with E-state index in [1.807, 2.05) is 6.92 Å². The van der Waals surface area contributed by atoms with Crippen LogP contribution >= 0.6 is 0 Å². The van der Waals surface area contributed by atoms with Gasteiger partial charge in [-0.25, -0.2) is 0 Å². The van der Waals surface area contributed by atoms with Gasteiger partial charge in [-0.15, -0.1) is 0 Å². The van der Waals surface area contributed by atoms with E-state index in [0.29, 0.717) is 6.04 Å². The third-order valence-electron chi connectivity index (χ3n) is 3.42. The molecule has 2 aliphatic heterocycles. The fourth-order valence-electron chi connectivity index (χ4n) is 2.40. The van der Waals surface area contributed by atoms with Crippen LogP contribution in [-0.2, 0) is 9.47 Å². The van der Waals surface area contributed by atoms with Crippen LogP contribution in [0.1, 0.15) is 19.8 Å². The Labute approximate surface area is 91.7 Å². The summed E-state index contributed by atoms with van der Waals surface area (Å²) in [7, 11) is 0. The van der Waals surface area contributed by atoms with Crippen LogP contribution in [0.15, 0.2) is 0 Å². The molecule has 2 heterocycles. The lowest BCUT2D eigenvalue weighted by Gasteiger charge is -2.40.